The molecule has 2 fully saturated rings. The molecule has 4 heteroatoms. The number of anilines is 1. The van der Waals surface area contributed by atoms with Crippen molar-refractivity contribution in [3.63, 3.8) is 0 Å². The molecule has 2 saturated heterocycles. The van der Waals surface area contributed by atoms with Gasteiger partial charge in [-0.3, -0.25) is 9.69 Å². The van der Waals surface area contributed by atoms with Gasteiger partial charge in [-0.05, 0) is 50.0 Å². The summed E-state index contributed by atoms with van der Waals surface area (Å²) < 4.78 is 0. The maximum absolute atomic E-state index is 13.5. The zero-order valence-corrected chi connectivity index (χ0v) is 16.0. The van der Waals surface area contributed by atoms with E-state index < -0.39 is 0 Å². The first-order valence-corrected chi connectivity index (χ1v) is 10.2. The SMILES string of the molecule is O=C(C(c1ccccc1)N1CCCC1)N1CCCN(c2ccccc2)CC1. The Morgan fingerprint density at radius 3 is 2.07 bits per heavy atom. The van der Waals surface area contributed by atoms with Crippen molar-refractivity contribution >= 4 is 11.6 Å². The van der Waals surface area contributed by atoms with E-state index in [1.54, 1.807) is 0 Å². The Bertz CT molecular complexity index is 728. The number of hydrogen-bond donors (Lipinski definition) is 0. The fraction of sp³-hybridized carbons (Fsp3) is 0.435. The summed E-state index contributed by atoms with van der Waals surface area (Å²) in [6.45, 7) is 5.60. The van der Waals surface area contributed by atoms with E-state index in [9.17, 15) is 4.79 Å². The average molecular weight is 364 g/mol. The van der Waals surface area contributed by atoms with Crippen molar-refractivity contribution in [2.24, 2.45) is 0 Å². The van der Waals surface area contributed by atoms with Gasteiger partial charge in [0.2, 0.25) is 5.91 Å². The Morgan fingerprint density at radius 1 is 0.704 bits per heavy atom. The van der Waals surface area contributed by atoms with Crippen molar-refractivity contribution in [1.82, 2.24) is 9.80 Å². The van der Waals surface area contributed by atoms with Gasteiger partial charge in [0.05, 0.1) is 0 Å². The Kier molecular flexibility index (Phi) is 5.73. The van der Waals surface area contributed by atoms with Crippen LogP contribution in [0, 0.1) is 0 Å². The first kappa shape index (κ1) is 18.1. The molecule has 2 aliphatic heterocycles. The van der Waals surface area contributed by atoms with Crippen LogP contribution in [-0.4, -0.2) is 55.0 Å². The largest absolute Gasteiger partial charge is 0.370 e. The maximum Gasteiger partial charge on any atom is 0.244 e. The lowest BCUT2D eigenvalue weighted by Crippen LogP contribution is -2.43. The van der Waals surface area contributed by atoms with Crippen molar-refractivity contribution in [2.75, 3.05) is 44.2 Å². The molecule has 0 aromatic heterocycles. The van der Waals surface area contributed by atoms with Gasteiger partial charge in [-0.25, -0.2) is 0 Å². The van der Waals surface area contributed by atoms with E-state index in [-0.39, 0.29) is 11.9 Å². The lowest BCUT2D eigenvalue weighted by atomic mass is 10.0. The van der Waals surface area contributed by atoms with Crippen LogP contribution in [0.3, 0.4) is 0 Å². The highest BCUT2D eigenvalue weighted by molar-refractivity contribution is 5.83. The fourth-order valence-corrected chi connectivity index (χ4v) is 4.35. The summed E-state index contributed by atoms with van der Waals surface area (Å²) in [5, 5.41) is 0. The number of carbonyl (C=O) groups is 1. The molecule has 1 amide bonds. The molecule has 4 rings (SSSR count). The van der Waals surface area contributed by atoms with Crippen LogP contribution >= 0.6 is 0 Å². The summed E-state index contributed by atoms with van der Waals surface area (Å²) in [5.74, 6) is 0.276. The summed E-state index contributed by atoms with van der Waals surface area (Å²) in [5.41, 5.74) is 2.39. The number of nitrogens with zero attached hydrogens (tertiary/aromatic N) is 3. The molecule has 27 heavy (non-hydrogen) atoms. The van der Waals surface area contributed by atoms with Crippen LogP contribution < -0.4 is 4.90 Å². The number of para-hydroxylation sites is 1. The van der Waals surface area contributed by atoms with Crippen LogP contribution in [0.15, 0.2) is 60.7 Å². The lowest BCUT2D eigenvalue weighted by Gasteiger charge is -2.32. The smallest absolute Gasteiger partial charge is 0.244 e. The van der Waals surface area contributed by atoms with Crippen LogP contribution in [0.2, 0.25) is 0 Å². The van der Waals surface area contributed by atoms with E-state index in [4.69, 9.17) is 0 Å². The topological polar surface area (TPSA) is 26.8 Å². The van der Waals surface area contributed by atoms with Gasteiger partial charge < -0.3 is 9.80 Å². The van der Waals surface area contributed by atoms with Crippen molar-refractivity contribution in [3.8, 4) is 0 Å². The Balaban J connectivity index is 1.49. The van der Waals surface area contributed by atoms with Crippen LogP contribution in [0.5, 0.6) is 0 Å². The van der Waals surface area contributed by atoms with Gasteiger partial charge in [0.15, 0.2) is 0 Å². The summed E-state index contributed by atoms with van der Waals surface area (Å²) in [6.07, 6.45) is 3.40. The molecule has 4 nitrogen and oxygen atoms in total. The van der Waals surface area contributed by atoms with Crippen LogP contribution in [0.1, 0.15) is 30.9 Å². The third kappa shape index (κ3) is 4.16. The molecule has 0 bridgehead atoms. The van der Waals surface area contributed by atoms with E-state index >= 15 is 0 Å². The second-order valence-corrected chi connectivity index (χ2v) is 7.56. The van der Waals surface area contributed by atoms with E-state index in [0.29, 0.717) is 0 Å². The first-order chi connectivity index (χ1) is 13.3. The summed E-state index contributed by atoms with van der Waals surface area (Å²) in [7, 11) is 0. The maximum atomic E-state index is 13.5. The minimum Gasteiger partial charge on any atom is -0.370 e. The highest BCUT2D eigenvalue weighted by Crippen LogP contribution is 2.28. The highest BCUT2D eigenvalue weighted by atomic mass is 16.2. The predicted octanol–water partition coefficient (Wildman–Crippen LogP) is 3.56. The molecule has 1 atom stereocenters. The normalized spacial score (nSPS) is 19.7. The Morgan fingerprint density at radius 2 is 1.37 bits per heavy atom. The van der Waals surface area contributed by atoms with Crippen LogP contribution in [0.4, 0.5) is 5.69 Å². The molecule has 2 aromatic rings. The number of likely N-dealkylation sites (tertiary alicyclic amines) is 1. The molecule has 2 aliphatic rings. The third-order valence-corrected chi connectivity index (χ3v) is 5.78. The van der Waals surface area contributed by atoms with Crippen molar-refractivity contribution in [2.45, 2.75) is 25.3 Å². The van der Waals surface area contributed by atoms with Gasteiger partial charge in [0.1, 0.15) is 6.04 Å². The summed E-state index contributed by atoms with van der Waals surface area (Å²) >= 11 is 0. The molecule has 0 aliphatic carbocycles. The second-order valence-electron chi connectivity index (χ2n) is 7.56. The third-order valence-electron chi connectivity index (χ3n) is 5.78. The number of hydrogen-bond acceptors (Lipinski definition) is 3. The van der Waals surface area contributed by atoms with Gasteiger partial charge in [-0.1, -0.05) is 48.5 Å². The molecule has 1 unspecified atom stereocenters. The molecular weight excluding hydrogens is 334 g/mol. The molecule has 2 heterocycles. The van der Waals surface area contributed by atoms with E-state index in [2.05, 4.69) is 57.2 Å². The van der Waals surface area contributed by atoms with E-state index in [0.717, 1.165) is 51.3 Å². The monoisotopic (exact) mass is 363 g/mol. The molecular formula is C23H29N3O. The molecule has 2 aromatic carbocycles. The first-order valence-electron chi connectivity index (χ1n) is 10.2. The highest BCUT2D eigenvalue weighted by Gasteiger charge is 2.33. The van der Waals surface area contributed by atoms with Gasteiger partial charge in [0, 0.05) is 31.9 Å². The van der Waals surface area contributed by atoms with Crippen molar-refractivity contribution in [3.05, 3.63) is 66.2 Å². The summed E-state index contributed by atoms with van der Waals surface area (Å²) in [4.78, 5) is 20.4. The molecule has 0 radical (unpaired) electrons. The molecule has 0 N–H and O–H groups in total. The van der Waals surface area contributed by atoms with Gasteiger partial charge in [-0.15, -0.1) is 0 Å². The van der Waals surface area contributed by atoms with Crippen LogP contribution in [0.25, 0.3) is 0 Å². The number of amides is 1. The van der Waals surface area contributed by atoms with Gasteiger partial charge >= 0.3 is 0 Å². The van der Waals surface area contributed by atoms with Gasteiger partial charge in [-0.2, -0.15) is 0 Å². The number of rotatable bonds is 4. The summed E-state index contributed by atoms with van der Waals surface area (Å²) in [6, 6.07) is 20.8. The molecule has 0 saturated carbocycles. The Labute approximate surface area is 162 Å². The zero-order valence-electron chi connectivity index (χ0n) is 16.0. The average Bonchev–Trinajstić information content (AvgIpc) is 3.12. The number of benzene rings is 2. The lowest BCUT2D eigenvalue weighted by molar-refractivity contribution is -0.136. The van der Waals surface area contributed by atoms with Gasteiger partial charge in [0.25, 0.3) is 0 Å². The molecule has 0 spiro atoms. The van der Waals surface area contributed by atoms with Crippen molar-refractivity contribution in [1.29, 1.82) is 0 Å². The second kappa shape index (κ2) is 8.57. The quantitative estimate of drug-likeness (QED) is 0.831. The van der Waals surface area contributed by atoms with Crippen molar-refractivity contribution < 1.29 is 4.79 Å². The minimum absolute atomic E-state index is 0.128. The minimum atomic E-state index is -0.128. The van der Waals surface area contributed by atoms with E-state index in [1.807, 2.05) is 18.2 Å². The number of carbonyl (C=O) groups excluding carboxylic acids is 1. The van der Waals surface area contributed by atoms with E-state index in [1.165, 1.54) is 18.5 Å². The standard InChI is InChI=1S/C23H29N3O/c27-23(22(25-14-7-8-15-25)20-10-3-1-4-11-20)26-17-9-16-24(18-19-26)21-12-5-2-6-13-21/h1-6,10-13,22H,7-9,14-19H2. The predicted molar refractivity (Wildman–Crippen MR) is 110 cm³/mol. The Hall–Kier alpha value is -2.33. The fourth-order valence-electron chi connectivity index (χ4n) is 4.35. The van der Waals surface area contributed by atoms with Crippen LogP contribution in [-0.2, 0) is 4.79 Å². The molecule has 142 valence electrons. The zero-order chi connectivity index (χ0) is 18.5.